The summed E-state index contributed by atoms with van der Waals surface area (Å²) in [7, 11) is 0. The zero-order valence-corrected chi connectivity index (χ0v) is 8.75. The fourth-order valence-electron chi connectivity index (χ4n) is 1.51. The van der Waals surface area contributed by atoms with Crippen molar-refractivity contribution in [2.45, 2.75) is 56.5 Å². The van der Waals surface area contributed by atoms with Gasteiger partial charge in [-0.2, -0.15) is 0 Å². The molecule has 2 fully saturated rings. The van der Waals surface area contributed by atoms with Crippen molar-refractivity contribution in [2.75, 3.05) is 0 Å². The molecule has 0 aromatic carbocycles. The Morgan fingerprint density at radius 2 is 1.50 bits per heavy atom. The van der Waals surface area contributed by atoms with Crippen molar-refractivity contribution >= 4 is 5.97 Å². The topological polar surface area (TPSA) is 89.3 Å². The molecule has 0 spiro atoms. The average Bonchev–Trinajstić information content (AvgIpc) is 1.98. The van der Waals surface area contributed by atoms with E-state index in [1.807, 2.05) is 0 Å². The van der Waals surface area contributed by atoms with Crippen LogP contribution in [0.4, 0.5) is 0 Å². The molecule has 4 heteroatoms. The number of carboxylic acids is 1. The second kappa shape index (κ2) is 3.87. The fourth-order valence-corrected chi connectivity index (χ4v) is 1.51. The number of hydrogen-bond donors (Lipinski definition) is 3. The van der Waals surface area contributed by atoms with Gasteiger partial charge in [-0.25, -0.2) is 0 Å². The van der Waals surface area contributed by atoms with Crippen LogP contribution in [-0.4, -0.2) is 22.2 Å². The number of hydrogen-bond acceptors (Lipinski definition) is 3. The van der Waals surface area contributed by atoms with Crippen LogP contribution in [0.15, 0.2) is 0 Å². The highest BCUT2D eigenvalue weighted by Crippen LogP contribution is 2.28. The number of aliphatic carboxylic acids is 1. The van der Waals surface area contributed by atoms with Crippen molar-refractivity contribution in [1.82, 2.24) is 0 Å². The Bertz CT molecular complexity index is 216. The summed E-state index contributed by atoms with van der Waals surface area (Å²) < 4.78 is 0. The van der Waals surface area contributed by atoms with Gasteiger partial charge in [-0.05, 0) is 45.4 Å². The van der Waals surface area contributed by atoms with E-state index in [0.717, 1.165) is 6.42 Å². The molecule has 2 rings (SSSR count). The smallest absolute Gasteiger partial charge is 0.323 e. The van der Waals surface area contributed by atoms with Gasteiger partial charge in [0.25, 0.3) is 0 Å². The lowest BCUT2D eigenvalue weighted by Crippen LogP contribution is -2.53. The van der Waals surface area contributed by atoms with Crippen LogP contribution in [0, 0.1) is 0 Å². The van der Waals surface area contributed by atoms with Gasteiger partial charge in [0.15, 0.2) is 0 Å². The lowest BCUT2D eigenvalue weighted by atomic mass is 9.78. The molecular formula is C10H20N2O2. The summed E-state index contributed by atoms with van der Waals surface area (Å²) in [6.45, 7) is 2.11. The minimum atomic E-state index is -0.861. The summed E-state index contributed by atoms with van der Waals surface area (Å²) >= 11 is 0. The van der Waals surface area contributed by atoms with Gasteiger partial charge in [-0.15, -0.1) is 0 Å². The molecule has 0 radical (unpaired) electrons. The van der Waals surface area contributed by atoms with E-state index in [9.17, 15) is 4.79 Å². The van der Waals surface area contributed by atoms with Gasteiger partial charge in [0.1, 0.15) is 5.54 Å². The van der Waals surface area contributed by atoms with Crippen LogP contribution in [-0.2, 0) is 4.79 Å². The fraction of sp³-hybridized carbons (Fsp3) is 0.900. The van der Waals surface area contributed by atoms with Gasteiger partial charge in [0.05, 0.1) is 0 Å². The van der Waals surface area contributed by atoms with E-state index in [-0.39, 0.29) is 5.54 Å². The Hall–Kier alpha value is -0.610. The van der Waals surface area contributed by atoms with Crippen LogP contribution in [0.5, 0.6) is 0 Å². The van der Waals surface area contributed by atoms with Crippen molar-refractivity contribution in [3.63, 3.8) is 0 Å². The second-order valence-electron chi connectivity index (χ2n) is 4.82. The predicted molar refractivity (Wildman–Crippen MR) is 54.8 cm³/mol. The first-order valence-electron chi connectivity index (χ1n) is 5.17. The van der Waals surface area contributed by atoms with Gasteiger partial charge >= 0.3 is 5.97 Å². The molecule has 0 unspecified atom stereocenters. The third-order valence-electron chi connectivity index (χ3n) is 3.17. The van der Waals surface area contributed by atoms with E-state index in [4.69, 9.17) is 16.6 Å². The quantitative estimate of drug-likeness (QED) is 0.585. The zero-order valence-electron chi connectivity index (χ0n) is 8.75. The summed E-state index contributed by atoms with van der Waals surface area (Å²) in [6.07, 6.45) is 6.04. The highest BCUT2D eigenvalue weighted by Gasteiger charge is 2.39. The lowest BCUT2D eigenvalue weighted by Gasteiger charge is -2.33. The van der Waals surface area contributed by atoms with Crippen molar-refractivity contribution in [3.8, 4) is 0 Å². The molecule has 2 aliphatic carbocycles. The molecule has 4 nitrogen and oxygen atoms in total. The predicted octanol–water partition coefficient (Wildman–Crippen LogP) is 0.840. The first kappa shape index (κ1) is 11.5. The van der Waals surface area contributed by atoms with Gasteiger partial charge < -0.3 is 16.6 Å². The average molecular weight is 200 g/mol. The number of rotatable bonds is 1. The lowest BCUT2D eigenvalue weighted by molar-refractivity contribution is -0.146. The molecule has 0 bridgehead atoms. The summed E-state index contributed by atoms with van der Waals surface area (Å²) in [4.78, 5) is 10.2. The molecule has 2 saturated carbocycles. The molecule has 2 aliphatic rings. The molecule has 0 heterocycles. The zero-order chi connectivity index (χ0) is 10.8. The molecule has 5 N–H and O–H groups in total. The molecule has 0 amide bonds. The van der Waals surface area contributed by atoms with Gasteiger partial charge in [0.2, 0.25) is 0 Å². The molecule has 0 aliphatic heterocycles. The molecular weight excluding hydrogens is 180 g/mol. The largest absolute Gasteiger partial charge is 0.480 e. The van der Waals surface area contributed by atoms with E-state index >= 15 is 0 Å². The molecule has 0 atom stereocenters. The highest BCUT2D eigenvalue weighted by atomic mass is 16.4. The van der Waals surface area contributed by atoms with Crippen molar-refractivity contribution < 1.29 is 9.90 Å². The number of carbonyl (C=O) groups is 1. The maximum Gasteiger partial charge on any atom is 0.323 e. The maximum absolute atomic E-state index is 10.2. The first-order chi connectivity index (χ1) is 6.36. The Labute approximate surface area is 84.7 Å². The van der Waals surface area contributed by atoms with Gasteiger partial charge in [-0.1, -0.05) is 0 Å². The molecule has 0 aromatic heterocycles. The Morgan fingerprint density at radius 1 is 1.14 bits per heavy atom. The summed E-state index contributed by atoms with van der Waals surface area (Å²) in [5.74, 6) is -0.858. The van der Waals surface area contributed by atoms with Crippen LogP contribution in [0.3, 0.4) is 0 Å². The van der Waals surface area contributed by atoms with Crippen molar-refractivity contribution in [3.05, 3.63) is 0 Å². The standard InChI is InChI=1S/C5H9NO2.C5H11N/c6-5(4(7)8)2-1-3-5;1-5(6)3-2-4-5/h1-3,6H2,(H,7,8);2-4,6H2,1H3. The van der Waals surface area contributed by atoms with E-state index in [0.29, 0.717) is 12.8 Å². The van der Waals surface area contributed by atoms with Crippen LogP contribution >= 0.6 is 0 Å². The Morgan fingerprint density at radius 3 is 1.50 bits per heavy atom. The van der Waals surface area contributed by atoms with E-state index in [1.54, 1.807) is 0 Å². The van der Waals surface area contributed by atoms with Gasteiger partial charge in [-0.3, -0.25) is 4.79 Å². The van der Waals surface area contributed by atoms with E-state index in [1.165, 1.54) is 19.3 Å². The minimum absolute atomic E-state index is 0.222. The van der Waals surface area contributed by atoms with Crippen LogP contribution in [0.2, 0.25) is 0 Å². The minimum Gasteiger partial charge on any atom is -0.480 e. The highest BCUT2D eigenvalue weighted by molar-refractivity contribution is 5.79. The molecule has 82 valence electrons. The van der Waals surface area contributed by atoms with Crippen LogP contribution in [0.25, 0.3) is 0 Å². The second-order valence-corrected chi connectivity index (χ2v) is 4.82. The van der Waals surface area contributed by atoms with E-state index < -0.39 is 11.5 Å². The first-order valence-corrected chi connectivity index (χ1v) is 5.17. The van der Waals surface area contributed by atoms with Crippen LogP contribution < -0.4 is 11.5 Å². The molecule has 0 aromatic rings. The third-order valence-corrected chi connectivity index (χ3v) is 3.17. The van der Waals surface area contributed by atoms with Crippen LogP contribution in [0.1, 0.15) is 45.4 Å². The SMILES string of the molecule is CC1(N)CCC1.NC1(C(=O)O)CCC1. The normalized spacial score (nSPS) is 26.2. The molecule has 0 saturated heterocycles. The monoisotopic (exact) mass is 200 g/mol. The number of carboxylic acid groups (broad SMARTS) is 1. The van der Waals surface area contributed by atoms with Crippen molar-refractivity contribution in [2.24, 2.45) is 11.5 Å². The number of nitrogens with two attached hydrogens (primary N) is 2. The summed E-state index contributed by atoms with van der Waals surface area (Å²) in [6, 6.07) is 0. The summed E-state index contributed by atoms with van der Waals surface area (Å²) in [5, 5.41) is 8.37. The molecule has 14 heavy (non-hydrogen) atoms. The van der Waals surface area contributed by atoms with Crippen molar-refractivity contribution in [1.29, 1.82) is 0 Å². The maximum atomic E-state index is 10.2. The van der Waals surface area contributed by atoms with Gasteiger partial charge in [0, 0.05) is 5.54 Å². The Kier molecular flexibility index (Phi) is 3.17. The Balaban J connectivity index is 0.000000146. The van der Waals surface area contributed by atoms with E-state index in [2.05, 4.69) is 6.92 Å². The third kappa shape index (κ3) is 2.69. The summed E-state index contributed by atoms with van der Waals surface area (Å²) in [5.41, 5.74) is 10.3.